The molecule has 1 aromatic rings. The van der Waals surface area contributed by atoms with E-state index in [0.29, 0.717) is 11.3 Å². The third-order valence-corrected chi connectivity index (χ3v) is 5.83. The molecule has 25 heavy (non-hydrogen) atoms. The standard InChI is InChI=1S/C19H25N3O3/c1-19(14-6-4-3-5-7-14)17(24)22(18(25)21(19)2)12-16(23)13-8-10-15(20)11-9-13/h8-11,14H,3-7,12,20H2,1-2H3. The van der Waals surface area contributed by atoms with Crippen molar-refractivity contribution in [2.24, 2.45) is 5.92 Å². The summed E-state index contributed by atoms with van der Waals surface area (Å²) in [5, 5.41) is 0. The maximum Gasteiger partial charge on any atom is 0.327 e. The number of carbonyl (C=O) groups excluding carboxylic acids is 3. The van der Waals surface area contributed by atoms with Gasteiger partial charge in [0.15, 0.2) is 5.78 Å². The van der Waals surface area contributed by atoms with E-state index in [1.54, 1.807) is 31.3 Å². The van der Waals surface area contributed by atoms with Gasteiger partial charge in [0.05, 0.1) is 6.54 Å². The van der Waals surface area contributed by atoms with E-state index in [-0.39, 0.29) is 30.2 Å². The summed E-state index contributed by atoms with van der Waals surface area (Å²) in [5.41, 5.74) is 5.80. The third-order valence-electron chi connectivity index (χ3n) is 5.83. The zero-order chi connectivity index (χ0) is 18.2. The van der Waals surface area contributed by atoms with Crippen LogP contribution in [0.4, 0.5) is 10.5 Å². The van der Waals surface area contributed by atoms with Crippen molar-refractivity contribution in [3.05, 3.63) is 29.8 Å². The van der Waals surface area contributed by atoms with Crippen LogP contribution in [0, 0.1) is 5.92 Å². The molecule has 1 aliphatic heterocycles. The summed E-state index contributed by atoms with van der Waals surface area (Å²) in [6, 6.07) is 6.12. The molecule has 6 nitrogen and oxygen atoms in total. The Labute approximate surface area is 148 Å². The Kier molecular flexibility index (Phi) is 4.54. The second kappa shape index (κ2) is 6.50. The van der Waals surface area contributed by atoms with Crippen molar-refractivity contribution in [1.82, 2.24) is 9.80 Å². The molecule has 6 heteroatoms. The zero-order valence-corrected chi connectivity index (χ0v) is 14.8. The first-order valence-electron chi connectivity index (χ1n) is 8.84. The van der Waals surface area contributed by atoms with Gasteiger partial charge in [-0.05, 0) is 49.9 Å². The first-order valence-corrected chi connectivity index (χ1v) is 8.84. The van der Waals surface area contributed by atoms with Gasteiger partial charge in [-0.25, -0.2) is 4.79 Å². The predicted molar refractivity (Wildman–Crippen MR) is 95.0 cm³/mol. The van der Waals surface area contributed by atoms with Gasteiger partial charge in [0.25, 0.3) is 5.91 Å². The SMILES string of the molecule is CN1C(=O)N(CC(=O)c2ccc(N)cc2)C(=O)C1(C)C1CCCCC1. The van der Waals surface area contributed by atoms with Gasteiger partial charge in [-0.1, -0.05) is 19.3 Å². The van der Waals surface area contributed by atoms with Crippen LogP contribution in [0.25, 0.3) is 0 Å². The van der Waals surface area contributed by atoms with E-state index < -0.39 is 5.54 Å². The summed E-state index contributed by atoms with van der Waals surface area (Å²) in [4.78, 5) is 40.8. The smallest absolute Gasteiger partial charge is 0.327 e. The van der Waals surface area contributed by atoms with Gasteiger partial charge in [-0.15, -0.1) is 0 Å². The molecule has 1 heterocycles. The zero-order valence-electron chi connectivity index (χ0n) is 14.8. The lowest BCUT2D eigenvalue weighted by atomic mass is 9.75. The first-order chi connectivity index (χ1) is 11.9. The molecule has 0 bridgehead atoms. The van der Waals surface area contributed by atoms with Crippen molar-refractivity contribution in [1.29, 1.82) is 0 Å². The van der Waals surface area contributed by atoms with Crippen molar-refractivity contribution in [2.75, 3.05) is 19.3 Å². The fourth-order valence-corrected chi connectivity index (χ4v) is 4.04. The molecule has 134 valence electrons. The number of nitrogens with zero attached hydrogens (tertiary/aromatic N) is 2. The molecule has 3 rings (SSSR count). The van der Waals surface area contributed by atoms with Crippen LogP contribution in [0.3, 0.4) is 0 Å². The number of rotatable bonds is 4. The van der Waals surface area contributed by atoms with Crippen LogP contribution in [0.5, 0.6) is 0 Å². The minimum Gasteiger partial charge on any atom is -0.399 e. The number of hydrogen-bond acceptors (Lipinski definition) is 4. The van der Waals surface area contributed by atoms with Crippen LogP contribution < -0.4 is 5.73 Å². The molecule has 2 N–H and O–H groups in total. The van der Waals surface area contributed by atoms with Gasteiger partial charge < -0.3 is 10.6 Å². The van der Waals surface area contributed by atoms with E-state index in [0.717, 1.165) is 30.6 Å². The van der Waals surface area contributed by atoms with Crippen LogP contribution in [-0.4, -0.2) is 46.7 Å². The number of Topliss-reactive ketones (excluding diaryl/α,β-unsaturated/α-hetero) is 1. The number of carbonyl (C=O) groups is 3. The van der Waals surface area contributed by atoms with E-state index in [1.165, 1.54) is 11.3 Å². The lowest BCUT2D eigenvalue weighted by Gasteiger charge is -2.38. The van der Waals surface area contributed by atoms with Crippen molar-refractivity contribution >= 4 is 23.4 Å². The Balaban J connectivity index is 1.80. The number of imide groups is 1. The highest BCUT2D eigenvalue weighted by atomic mass is 16.2. The third kappa shape index (κ3) is 2.90. The molecule has 0 aromatic heterocycles. The van der Waals surface area contributed by atoms with Crippen molar-refractivity contribution in [3.63, 3.8) is 0 Å². The number of nitrogen functional groups attached to an aromatic ring is 1. The maximum absolute atomic E-state index is 13.1. The monoisotopic (exact) mass is 343 g/mol. The molecule has 1 aromatic carbocycles. The molecule has 1 saturated carbocycles. The number of anilines is 1. The number of ketones is 1. The summed E-state index contributed by atoms with van der Waals surface area (Å²) >= 11 is 0. The van der Waals surface area contributed by atoms with E-state index >= 15 is 0 Å². The van der Waals surface area contributed by atoms with Gasteiger partial charge in [-0.3, -0.25) is 14.5 Å². The Morgan fingerprint density at radius 1 is 1.16 bits per heavy atom. The van der Waals surface area contributed by atoms with Gasteiger partial charge in [0.2, 0.25) is 0 Å². The van der Waals surface area contributed by atoms with Gasteiger partial charge >= 0.3 is 6.03 Å². The summed E-state index contributed by atoms with van der Waals surface area (Å²) in [6.45, 7) is 1.62. The van der Waals surface area contributed by atoms with Gasteiger partial charge in [0.1, 0.15) is 5.54 Å². The van der Waals surface area contributed by atoms with Crippen LogP contribution in [-0.2, 0) is 4.79 Å². The van der Waals surface area contributed by atoms with Crippen LogP contribution in [0.15, 0.2) is 24.3 Å². The maximum atomic E-state index is 13.1. The number of likely N-dealkylation sites (N-methyl/N-ethyl adjacent to an activating group) is 1. The molecule has 3 amide bonds. The molecule has 0 spiro atoms. The number of hydrogen-bond donors (Lipinski definition) is 1. The summed E-state index contributed by atoms with van der Waals surface area (Å²) in [7, 11) is 1.67. The minimum absolute atomic E-state index is 0.152. The molecule has 2 aliphatic rings. The molecule has 2 fully saturated rings. The minimum atomic E-state index is -0.848. The number of amides is 3. The average molecular weight is 343 g/mol. The predicted octanol–water partition coefficient (Wildman–Crippen LogP) is 2.68. The normalized spacial score (nSPS) is 24.9. The molecule has 1 aliphatic carbocycles. The van der Waals surface area contributed by atoms with Crippen LogP contribution in [0.2, 0.25) is 0 Å². The summed E-state index contributed by atoms with van der Waals surface area (Å²) in [5.74, 6) is -0.363. The molecule has 0 radical (unpaired) electrons. The molecule has 1 unspecified atom stereocenters. The highest BCUT2D eigenvalue weighted by molar-refractivity contribution is 6.11. The fraction of sp³-hybridized carbons (Fsp3) is 0.526. The fourth-order valence-electron chi connectivity index (χ4n) is 4.04. The lowest BCUT2D eigenvalue weighted by Crippen LogP contribution is -2.52. The van der Waals surface area contributed by atoms with Crippen LogP contribution in [0.1, 0.15) is 49.4 Å². The Hall–Kier alpha value is -2.37. The molecular weight excluding hydrogens is 318 g/mol. The molecular formula is C19H25N3O3. The van der Waals surface area contributed by atoms with Gasteiger partial charge in [0, 0.05) is 18.3 Å². The van der Waals surface area contributed by atoms with Crippen molar-refractivity contribution in [2.45, 2.75) is 44.6 Å². The van der Waals surface area contributed by atoms with E-state index in [1.807, 2.05) is 6.92 Å². The van der Waals surface area contributed by atoms with Crippen molar-refractivity contribution in [3.8, 4) is 0 Å². The molecule has 1 atom stereocenters. The largest absolute Gasteiger partial charge is 0.399 e. The Morgan fingerprint density at radius 3 is 2.36 bits per heavy atom. The summed E-state index contributed by atoms with van der Waals surface area (Å²) < 4.78 is 0. The molecule has 1 saturated heterocycles. The summed E-state index contributed by atoms with van der Waals surface area (Å²) in [6.07, 6.45) is 5.23. The Bertz CT molecular complexity index is 694. The second-order valence-electron chi connectivity index (χ2n) is 7.26. The van der Waals surface area contributed by atoms with Crippen molar-refractivity contribution < 1.29 is 14.4 Å². The van der Waals surface area contributed by atoms with Gasteiger partial charge in [-0.2, -0.15) is 0 Å². The second-order valence-corrected chi connectivity index (χ2v) is 7.26. The first kappa shape index (κ1) is 17.5. The van der Waals surface area contributed by atoms with E-state index in [2.05, 4.69) is 0 Å². The topological polar surface area (TPSA) is 83.7 Å². The van der Waals surface area contributed by atoms with E-state index in [4.69, 9.17) is 5.73 Å². The van der Waals surface area contributed by atoms with E-state index in [9.17, 15) is 14.4 Å². The Morgan fingerprint density at radius 2 is 1.76 bits per heavy atom. The lowest BCUT2D eigenvalue weighted by molar-refractivity contribution is -0.135. The average Bonchev–Trinajstić information content (AvgIpc) is 2.79. The number of urea groups is 1. The number of benzene rings is 1. The van der Waals surface area contributed by atoms with Crippen LogP contribution >= 0.6 is 0 Å². The highest BCUT2D eigenvalue weighted by Gasteiger charge is 2.56. The highest BCUT2D eigenvalue weighted by Crippen LogP contribution is 2.40. The number of nitrogens with two attached hydrogens (primary N) is 1. The quantitative estimate of drug-likeness (QED) is 0.517.